The molecule has 1 aromatic rings. The van der Waals surface area contributed by atoms with Gasteiger partial charge in [-0.2, -0.15) is 4.98 Å². The molecule has 2 atom stereocenters. The molecule has 2 aliphatic rings. The summed E-state index contributed by atoms with van der Waals surface area (Å²) in [5.74, 6) is 2.01. The zero-order valence-corrected chi connectivity index (χ0v) is 9.84. The van der Waals surface area contributed by atoms with Gasteiger partial charge in [0.2, 0.25) is 5.89 Å². The van der Waals surface area contributed by atoms with Crippen LogP contribution in [0.5, 0.6) is 0 Å². The number of hydrogen-bond donors (Lipinski definition) is 1. The molecule has 2 heterocycles. The highest BCUT2D eigenvalue weighted by molar-refractivity contribution is 4.98. The number of aliphatic hydroxyl groups is 1. The van der Waals surface area contributed by atoms with Crippen LogP contribution in [0.4, 0.5) is 0 Å². The Morgan fingerprint density at radius 3 is 2.94 bits per heavy atom. The first kappa shape index (κ1) is 11.2. The van der Waals surface area contributed by atoms with Gasteiger partial charge < -0.3 is 14.4 Å². The van der Waals surface area contributed by atoms with Crippen molar-refractivity contribution in [1.82, 2.24) is 10.1 Å². The lowest BCUT2D eigenvalue weighted by Crippen LogP contribution is -2.17. The van der Waals surface area contributed by atoms with Crippen molar-refractivity contribution in [3.8, 4) is 0 Å². The fourth-order valence-electron chi connectivity index (χ4n) is 2.29. The molecule has 5 nitrogen and oxygen atoms in total. The largest absolute Gasteiger partial charge is 0.392 e. The van der Waals surface area contributed by atoms with E-state index in [0.717, 1.165) is 38.1 Å². The predicted octanol–water partition coefficient (Wildman–Crippen LogP) is 1.28. The van der Waals surface area contributed by atoms with Crippen LogP contribution in [0.3, 0.4) is 0 Å². The second kappa shape index (κ2) is 4.74. The van der Waals surface area contributed by atoms with Crippen molar-refractivity contribution in [2.75, 3.05) is 13.2 Å². The minimum Gasteiger partial charge on any atom is -0.392 e. The molecule has 17 heavy (non-hydrogen) atoms. The van der Waals surface area contributed by atoms with E-state index in [-0.39, 0.29) is 12.0 Å². The molecular formula is C12H18N2O3. The Morgan fingerprint density at radius 1 is 1.35 bits per heavy atom. The fourth-order valence-corrected chi connectivity index (χ4v) is 2.29. The van der Waals surface area contributed by atoms with Crippen molar-refractivity contribution in [2.24, 2.45) is 5.92 Å². The van der Waals surface area contributed by atoms with Crippen molar-refractivity contribution in [3.63, 3.8) is 0 Å². The molecule has 1 aliphatic carbocycles. The van der Waals surface area contributed by atoms with Crippen LogP contribution in [-0.2, 0) is 11.2 Å². The van der Waals surface area contributed by atoms with Gasteiger partial charge in [0.15, 0.2) is 5.82 Å². The molecule has 0 amide bonds. The first-order valence-corrected chi connectivity index (χ1v) is 6.41. The van der Waals surface area contributed by atoms with E-state index in [4.69, 9.17) is 9.26 Å². The summed E-state index contributed by atoms with van der Waals surface area (Å²) in [5.41, 5.74) is 0. The highest BCUT2D eigenvalue weighted by Crippen LogP contribution is 2.34. The van der Waals surface area contributed by atoms with E-state index in [0.29, 0.717) is 24.8 Å². The molecule has 1 aliphatic heterocycles. The van der Waals surface area contributed by atoms with Gasteiger partial charge in [-0.3, -0.25) is 0 Å². The highest BCUT2D eigenvalue weighted by atomic mass is 16.5. The molecule has 0 bridgehead atoms. The van der Waals surface area contributed by atoms with Crippen molar-refractivity contribution < 1.29 is 14.4 Å². The Kier molecular flexibility index (Phi) is 3.11. The molecule has 0 aromatic carbocycles. The molecule has 5 heteroatoms. The van der Waals surface area contributed by atoms with E-state index in [9.17, 15) is 5.11 Å². The lowest BCUT2D eigenvalue weighted by atomic mass is 10.0. The summed E-state index contributed by atoms with van der Waals surface area (Å²) in [4.78, 5) is 4.37. The average molecular weight is 238 g/mol. The van der Waals surface area contributed by atoms with Gasteiger partial charge in [-0.15, -0.1) is 0 Å². The van der Waals surface area contributed by atoms with Gasteiger partial charge in [-0.05, 0) is 31.6 Å². The van der Waals surface area contributed by atoms with Crippen molar-refractivity contribution in [3.05, 3.63) is 11.7 Å². The van der Waals surface area contributed by atoms with Gasteiger partial charge in [0.1, 0.15) is 0 Å². The standard InChI is InChI=1S/C12H18N2O3/c15-10(8-3-4-8)6-11-13-12(14-17-11)9-2-1-5-16-7-9/h8-10,15H,1-7H2. The van der Waals surface area contributed by atoms with Crippen LogP contribution in [0.1, 0.15) is 43.3 Å². The molecule has 1 saturated carbocycles. The van der Waals surface area contributed by atoms with Crippen LogP contribution in [0, 0.1) is 5.92 Å². The molecule has 1 saturated heterocycles. The SMILES string of the molecule is OC(Cc1nc(C2CCCOC2)no1)C1CC1. The lowest BCUT2D eigenvalue weighted by molar-refractivity contribution is 0.0773. The van der Waals surface area contributed by atoms with E-state index >= 15 is 0 Å². The van der Waals surface area contributed by atoms with Crippen LogP contribution in [0.15, 0.2) is 4.52 Å². The number of rotatable bonds is 4. The number of aromatic nitrogens is 2. The highest BCUT2D eigenvalue weighted by Gasteiger charge is 2.31. The van der Waals surface area contributed by atoms with E-state index in [1.165, 1.54) is 0 Å². The Balaban J connectivity index is 1.60. The third kappa shape index (κ3) is 2.66. The number of nitrogens with zero attached hydrogens (tertiary/aromatic N) is 2. The number of aliphatic hydroxyl groups excluding tert-OH is 1. The quantitative estimate of drug-likeness (QED) is 0.855. The number of ether oxygens (including phenoxy) is 1. The molecule has 1 aromatic heterocycles. The van der Waals surface area contributed by atoms with E-state index in [2.05, 4.69) is 10.1 Å². The first-order valence-electron chi connectivity index (χ1n) is 6.41. The lowest BCUT2D eigenvalue weighted by Gasteiger charge is -2.18. The fraction of sp³-hybridized carbons (Fsp3) is 0.833. The van der Waals surface area contributed by atoms with Crippen LogP contribution in [0.25, 0.3) is 0 Å². The zero-order chi connectivity index (χ0) is 11.7. The minimum absolute atomic E-state index is 0.263. The maximum atomic E-state index is 9.81. The summed E-state index contributed by atoms with van der Waals surface area (Å²) < 4.78 is 10.6. The summed E-state index contributed by atoms with van der Waals surface area (Å²) in [5, 5.41) is 13.8. The normalized spacial score (nSPS) is 27.0. The van der Waals surface area contributed by atoms with Gasteiger partial charge in [-0.1, -0.05) is 5.16 Å². The van der Waals surface area contributed by atoms with Crippen LogP contribution >= 0.6 is 0 Å². The smallest absolute Gasteiger partial charge is 0.229 e. The summed E-state index contributed by atoms with van der Waals surface area (Å²) in [6, 6.07) is 0. The Labute approximate surface area is 100 Å². The maximum absolute atomic E-state index is 9.81. The third-order valence-electron chi connectivity index (χ3n) is 3.56. The van der Waals surface area contributed by atoms with E-state index < -0.39 is 0 Å². The van der Waals surface area contributed by atoms with Gasteiger partial charge in [0.05, 0.1) is 19.1 Å². The van der Waals surface area contributed by atoms with Gasteiger partial charge in [0.25, 0.3) is 0 Å². The molecule has 1 N–H and O–H groups in total. The van der Waals surface area contributed by atoms with Crippen LogP contribution < -0.4 is 0 Å². The average Bonchev–Trinajstić information content (AvgIpc) is 3.12. The van der Waals surface area contributed by atoms with Crippen molar-refractivity contribution in [2.45, 2.75) is 44.1 Å². The summed E-state index contributed by atoms with van der Waals surface area (Å²) in [7, 11) is 0. The van der Waals surface area contributed by atoms with Crippen LogP contribution in [0.2, 0.25) is 0 Å². The van der Waals surface area contributed by atoms with Crippen molar-refractivity contribution >= 4 is 0 Å². The molecule has 94 valence electrons. The Morgan fingerprint density at radius 2 is 2.24 bits per heavy atom. The molecule has 2 fully saturated rings. The second-order valence-electron chi connectivity index (χ2n) is 5.07. The topological polar surface area (TPSA) is 68.4 Å². The summed E-state index contributed by atoms with van der Waals surface area (Å²) >= 11 is 0. The predicted molar refractivity (Wildman–Crippen MR) is 59.5 cm³/mol. The Hall–Kier alpha value is -0.940. The summed E-state index contributed by atoms with van der Waals surface area (Å²) in [6.07, 6.45) is 4.54. The van der Waals surface area contributed by atoms with Gasteiger partial charge >= 0.3 is 0 Å². The third-order valence-corrected chi connectivity index (χ3v) is 3.56. The molecule has 2 unspecified atom stereocenters. The molecule has 3 rings (SSSR count). The maximum Gasteiger partial charge on any atom is 0.229 e. The van der Waals surface area contributed by atoms with Crippen LogP contribution in [-0.4, -0.2) is 34.6 Å². The van der Waals surface area contributed by atoms with Gasteiger partial charge in [0, 0.05) is 12.5 Å². The summed E-state index contributed by atoms with van der Waals surface area (Å²) in [6.45, 7) is 1.52. The van der Waals surface area contributed by atoms with E-state index in [1.807, 2.05) is 0 Å². The zero-order valence-electron chi connectivity index (χ0n) is 9.84. The van der Waals surface area contributed by atoms with Crippen molar-refractivity contribution in [1.29, 1.82) is 0 Å². The minimum atomic E-state index is -0.314. The number of hydrogen-bond acceptors (Lipinski definition) is 5. The Bertz CT molecular complexity index is 370. The molecular weight excluding hydrogens is 220 g/mol. The molecule has 0 spiro atoms. The molecule has 0 radical (unpaired) electrons. The van der Waals surface area contributed by atoms with Gasteiger partial charge in [-0.25, -0.2) is 0 Å². The second-order valence-corrected chi connectivity index (χ2v) is 5.07. The van der Waals surface area contributed by atoms with E-state index in [1.54, 1.807) is 0 Å². The first-order chi connectivity index (χ1) is 8.33. The monoisotopic (exact) mass is 238 g/mol.